The van der Waals surface area contributed by atoms with E-state index in [1.54, 1.807) is 11.3 Å². The van der Waals surface area contributed by atoms with Crippen LogP contribution in [0.4, 0.5) is 5.82 Å². The van der Waals surface area contributed by atoms with Crippen LogP contribution in [0.2, 0.25) is 0 Å². The largest absolute Gasteiger partial charge is 0.476 e. The number of carbonyl (C=O) groups is 1. The smallest absolute Gasteiger partial charge is 0.356 e. The zero-order valence-electron chi connectivity index (χ0n) is 9.17. The van der Waals surface area contributed by atoms with Crippen molar-refractivity contribution in [2.24, 2.45) is 0 Å². The van der Waals surface area contributed by atoms with Crippen LogP contribution in [-0.2, 0) is 6.54 Å². The summed E-state index contributed by atoms with van der Waals surface area (Å²) in [6.07, 6.45) is 2.67. The molecule has 0 bridgehead atoms. The predicted molar refractivity (Wildman–Crippen MR) is 65.4 cm³/mol. The van der Waals surface area contributed by atoms with Crippen LogP contribution in [0.5, 0.6) is 0 Å². The third-order valence-electron chi connectivity index (χ3n) is 2.27. The number of rotatable bonds is 4. The Morgan fingerprint density at radius 3 is 2.82 bits per heavy atom. The molecule has 0 fully saturated rings. The minimum atomic E-state index is -1.07. The normalized spacial score (nSPS) is 10.2. The average molecular weight is 249 g/mol. The van der Waals surface area contributed by atoms with Crippen LogP contribution in [0.1, 0.15) is 20.9 Å². The van der Waals surface area contributed by atoms with Crippen LogP contribution < -0.4 is 5.32 Å². The molecule has 17 heavy (non-hydrogen) atoms. The van der Waals surface area contributed by atoms with Gasteiger partial charge in [-0.15, -0.1) is 11.3 Å². The SMILES string of the molecule is Cc1ccsc1CNc1cnc(C(=O)O)cn1. The van der Waals surface area contributed by atoms with E-state index in [-0.39, 0.29) is 5.69 Å². The number of anilines is 1. The Labute approximate surface area is 102 Å². The van der Waals surface area contributed by atoms with E-state index >= 15 is 0 Å². The molecule has 0 aliphatic carbocycles. The maximum Gasteiger partial charge on any atom is 0.356 e. The van der Waals surface area contributed by atoms with Gasteiger partial charge >= 0.3 is 5.97 Å². The first kappa shape index (κ1) is 11.5. The van der Waals surface area contributed by atoms with Gasteiger partial charge in [0.25, 0.3) is 0 Å². The predicted octanol–water partition coefficient (Wildman–Crippen LogP) is 2.16. The van der Waals surface area contributed by atoms with Crippen molar-refractivity contribution in [2.45, 2.75) is 13.5 Å². The Morgan fingerprint density at radius 1 is 1.47 bits per heavy atom. The fraction of sp³-hybridized carbons (Fsp3) is 0.182. The van der Waals surface area contributed by atoms with Gasteiger partial charge in [-0.2, -0.15) is 0 Å². The van der Waals surface area contributed by atoms with Crippen molar-refractivity contribution < 1.29 is 9.90 Å². The van der Waals surface area contributed by atoms with Gasteiger partial charge in [-0.1, -0.05) is 0 Å². The van der Waals surface area contributed by atoms with Gasteiger partial charge < -0.3 is 10.4 Å². The first-order valence-corrected chi connectivity index (χ1v) is 5.87. The van der Waals surface area contributed by atoms with Gasteiger partial charge in [-0.05, 0) is 23.9 Å². The van der Waals surface area contributed by atoms with E-state index in [9.17, 15) is 4.79 Å². The Hall–Kier alpha value is -1.95. The zero-order valence-corrected chi connectivity index (χ0v) is 9.99. The molecule has 2 heterocycles. The molecule has 0 amide bonds. The molecule has 0 unspecified atom stereocenters. The fourth-order valence-corrected chi connectivity index (χ4v) is 2.13. The van der Waals surface area contributed by atoms with Crippen LogP contribution in [-0.4, -0.2) is 21.0 Å². The number of thiophene rings is 1. The first-order valence-electron chi connectivity index (χ1n) is 4.99. The zero-order chi connectivity index (χ0) is 12.3. The summed E-state index contributed by atoms with van der Waals surface area (Å²) in [7, 11) is 0. The molecule has 0 spiro atoms. The van der Waals surface area contributed by atoms with Gasteiger partial charge in [0.1, 0.15) is 5.82 Å². The lowest BCUT2D eigenvalue weighted by atomic mass is 10.3. The monoisotopic (exact) mass is 249 g/mol. The lowest BCUT2D eigenvalue weighted by Crippen LogP contribution is -2.05. The molecule has 0 saturated carbocycles. The summed E-state index contributed by atoms with van der Waals surface area (Å²) in [5.74, 6) is -0.499. The van der Waals surface area contributed by atoms with Gasteiger partial charge in [0, 0.05) is 4.88 Å². The molecule has 0 saturated heterocycles. The average Bonchev–Trinajstić information content (AvgIpc) is 2.73. The lowest BCUT2D eigenvalue weighted by molar-refractivity contribution is 0.0690. The van der Waals surface area contributed by atoms with Crippen LogP contribution in [0.3, 0.4) is 0 Å². The quantitative estimate of drug-likeness (QED) is 0.868. The highest BCUT2D eigenvalue weighted by atomic mass is 32.1. The van der Waals surface area contributed by atoms with E-state index in [1.807, 2.05) is 12.3 Å². The number of hydrogen-bond donors (Lipinski definition) is 2. The molecule has 2 aromatic heterocycles. The molecule has 6 heteroatoms. The minimum Gasteiger partial charge on any atom is -0.476 e. The molecular formula is C11H11N3O2S. The second kappa shape index (κ2) is 4.92. The maximum atomic E-state index is 10.6. The third-order valence-corrected chi connectivity index (χ3v) is 3.29. The minimum absolute atomic E-state index is 0.0529. The van der Waals surface area contributed by atoms with Crippen LogP contribution >= 0.6 is 11.3 Å². The van der Waals surface area contributed by atoms with E-state index in [1.165, 1.54) is 22.8 Å². The molecular weight excluding hydrogens is 238 g/mol. The second-order valence-corrected chi connectivity index (χ2v) is 4.47. The third kappa shape index (κ3) is 2.79. The Bertz CT molecular complexity index is 522. The van der Waals surface area contributed by atoms with Crippen molar-refractivity contribution in [2.75, 3.05) is 5.32 Å². The summed E-state index contributed by atoms with van der Waals surface area (Å²) < 4.78 is 0. The highest BCUT2D eigenvalue weighted by Gasteiger charge is 2.05. The van der Waals surface area contributed by atoms with Crippen molar-refractivity contribution in [3.63, 3.8) is 0 Å². The molecule has 0 atom stereocenters. The van der Waals surface area contributed by atoms with Gasteiger partial charge in [-0.3, -0.25) is 0 Å². The van der Waals surface area contributed by atoms with Gasteiger partial charge in [0.05, 0.1) is 18.9 Å². The number of aromatic carboxylic acids is 1. The summed E-state index contributed by atoms with van der Waals surface area (Å²) >= 11 is 1.67. The van der Waals surface area contributed by atoms with E-state index in [4.69, 9.17) is 5.11 Å². The molecule has 5 nitrogen and oxygen atoms in total. The number of nitrogens with zero attached hydrogens (tertiary/aromatic N) is 2. The summed E-state index contributed by atoms with van der Waals surface area (Å²) in [6, 6.07) is 2.06. The Kier molecular flexibility index (Phi) is 3.34. The number of carboxylic acids is 1. The highest BCUT2D eigenvalue weighted by Crippen LogP contribution is 2.16. The van der Waals surface area contributed by atoms with Gasteiger partial charge in [-0.25, -0.2) is 14.8 Å². The van der Waals surface area contributed by atoms with Crippen molar-refractivity contribution in [3.8, 4) is 0 Å². The first-order chi connectivity index (χ1) is 8.16. The maximum absolute atomic E-state index is 10.6. The Balaban J connectivity index is 2.00. The molecule has 2 N–H and O–H groups in total. The molecule has 2 rings (SSSR count). The summed E-state index contributed by atoms with van der Waals surface area (Å²) in [5, 5.41) is 13.8. The van der Waals surface area contributed by atoms with Crippen molar-refractivity contribution in [3.05, 3.63) is 40.0 Å². The van der Waals surface area contributed by atoms with Gasteiger partial charge in [0.15, 0.2) is 5.69 Å². The number of nitrogens with one attached hydrogen (secondary N) is 1. The highest BCUT2D eigenvalue weighted by molar-refractivity contribution is 7.10. The van der Waals surface area contributed by atoms with Crippen LogP contribution in [0, 0.1) is 6.92 Å². The molecule has 0 radical (unpaired) electrons. The van der Waals surface area contributed by atoms with E-state index in [0.717, 1.165) is 0 Å². The van der Waals surface area contributed by atoms with E-state index in [0.29, 0.717) is 12.4 Å². The van der Waals surface area contributed by atoms with E-state index < -0.39 is 5.97 Å². The van der Waals surface area contributed by atoms with Crippen LogP contribution in [0.25, 0.3) is 0 Å². The van der Waals surface area contributed by atoms with Gasteiger partial charge in [0.2, 0.25) is 0 Å². The van der Waals surface area contributed by atoms with E-state index in [2.05, 4.69) is 21.4 Å². The number of aromatic nitrogens is 2. The lowest BCUT2D eigenvalue weighted by Gasteiger charge is -2.04. The molecule has 0 aromatic carbocycles. The molecule has 88 valence electrons. The fourth-order valence-electron chi connectivity index (χ4n) is 1.29. The summed E-state index contributed by atoms with van der Waals surface area (Å²) in [4.78, 5) is 19.6. The topological polar surface area (TPSA) is 75.1 Å². The van der Waals surface area contributed by atoms with Crippen LogP contribution in [0.15, 0.2) is 23.8 Å². The number of carboxylic acid groups (broad SMARTS) is 1. The van der Waals surface area contributed by atoms with Crippen molar-refractivity contribution >= 4 is 23.1 Å². The van der Waals surface area contributed by atoms with Crippen molar-refractivity contribution in [1.29, 1.82) is 0 Å². The molecule has 0 aliphatic rings. The molecule has 2 aromatic rings. The number of hydrogen-bond acceptors (Lipinski definition) is 5. The Morgan fingerprint density at radius 2 is 2.29 bits per heavy atom. The van der Waals surface area contributed by atoms with Crippen molar-refractivity contribution in [1.82, 2.24) is 9.97 Å². The second-order valence-electron chi connectivity index (χ2n) is 3.47. The standard InChI is InChI=1S/C11H11N3O2S/c1-7-2-3-17-9(7)5-14-10-6-12-8(4-13-10)11(15)16/h2-4,6H,5H2,1H3,(H,13,14)(H,15,16). The molecule has 0 aliphatic heterocycles. The number of aryl methyl sites for hydroxylation is 1. The summed E-state index contributed by atoms with van der Waals surface area (Å²) in [6.45, 7) is 2.72. The summed E-state index contributed by atoms with van der Waals surface area (Å²) in [5.41, 5.74) is 1.18.